The highest BCUT2D eigenvalue weighted by atomic mass is 16.3. The maximum absolute atomic E-state index is 10.7. The number of aliphatic hydroxyl groups is 1. The first kappa shape index (κ1) is 16.4. The Morgan fingerprint density at radius 1 is 1.50 bits per heavy atom. The molecule has 3 N–H and O–H groups in total. The van der Waals surface area contributed by atoms with E-state index in [4.69, 9.17) is 6.42 Å². The lowest BCUT2D eigenvalue weighted by Gasteiger charge is -2.27. The van der Waals surface area contributed by atoms with E-state index < -0.39 is 6.10 Å². The average molecular weight is 296 g/mol. The van der Waals surface area contributed by atoms with Crippen molar-refractivity contribution in [1.29, 1.82) is 0 Å². The molecular formula is C19H24N2O. The summed E-state index contributed by atoms with van der Waals surface area (Å²) in [5.41, 5.74) is 4.38. The third-order valence-electron chi connectivity index (χ3n) is 3.88. The van der Waals surface area contributed by atoms with Gasteiger partial charge in [0.05, 0.1) is 6.10 Å². The molecule has 0 aliphatic carbocycles. The molecule has 116 valence electrons. The fraction of sp³-hybridized carbons (Fsp3) is 0.368. The lowest BCUT2D eigenvalue weighted by molar-refractivity contribution is 0.188. The number of aliphatic hydroxyl groups excluding tert-OH is 1. The predicted octanol–water partition coefficient (Wildman–Crippen LogP) is 2.72. The number of hydrogen-bond acceptors (Lipinski definition) is 3. The molecule has 0 radical (unpaired) electrons. The van der Waals surface area contributed by atoms with Crippen LogP contribution < -0.4 is 10.6 Å². The van der Waals surface area contributed by atoms with Crippen LogP contribution in [0.2, 0.25) is 0 Å². The second-order valence-electron chi connectivity index (χ2n) is 5.63. The minimum absolute atomic E-state index is 0.0167. The van der Waals surface area contributed by atoms with E-state index >= 15 is 0 Å². The molecule has 0 amide bonds. The Kier molecular flexibility index (Phi) is 5.83. The third kappa shape index (κ3) is 4.00. The van der Waals surface area contributed by atoms with E-state index in [0.29, 0.717) is 0 Å². The Balaban J connectivity index is 2.02. The van der Waals surface area contributed by atoms with Crippen LogP contribution in [0.5, 0.6) is 0 Å². The zero-order chi connectivity index (χ0) is 15.9. The van der Waals surface area contributed by atoms with Crippen LogP contribution in [0.15, 0.2) is 36.4 Å². The number of benzene rings is 1. The number of fused-ring (bicyclic) bond motifs is 1. The summed E-state index contributed by atoms with van der Waals surface area (Å²) in [4.78, 5) is 0. The summed E-state index contributed by atoms with van der Waals surface area (Å²) < 4.78 is 0. The molecule has 0 aromatic heterocycles. The molecule has 2 unspecified atom stereocenters. The van der Waals surface area contributed by atoms with Crippen LogP contribution in [0.25, 0.3) is 5.57 Å². The molecule has 1 aliphatic heterocycles. The van der Waals surface area contributed by atoms with Gasteiger partial charge in [-0.05, 0) is 50.6 Å². The van der Waals surface area contributed by atoms with Gasteiger partial charge in [0, 0.05) is 23.8 Å². The van der Waals surface area contributed by atoms with E-state index in [0.717, 1.165) is 36.3 Å². The minimum Gasteiger partial charge on any atom is -0.387 e. The molecule has 0 bridgehead atoms. The summed E-state index contributed by atoms with van der Waals surface area (Å²) in [6.07, 6.45) is 11.2. The van der Waals surface area contributed by atoms with Crippen molar-refractivity contribution in [3.05, 3.63) is 47.6 Å². The van der Waals surface area contributed by atoms with Crippen LogP contribution in [0, 0.1) is 19.3 Å². The van der Waals surface area contributed by atoms with Crippen molar-refractivity contribution in [3.8, 4) is 12.3 Å². The highest BCUT2D eigenvalue weighted by Crippen LogP contribution is 2.31. The van der Waals surface area contributed by atoms with Gasteiger partial charge in [-0.1, -0.05) is 29.7 Å². The highest BCUT2D eigenvalue weighted by Gasteiger charge is 2.23. The molecule has 2 rings (SSSR count). The summed E-state index contributed by atoms with van der Waals surface area (Å²) in [6, 6.07) is 6.27. The molecule has 2 atom stereocenters. The number of nitrogens with one attached hydrogen (secondary N) is 2. The lowest BCUT2D eigenvalue weighted by Crippen LogP contribution is -2.39. The number of terminal acetylenes is 1. The summed E-state index contributed by atoms with van der Waals surface area (Å²) in [6.45, 7) is 5.62. The molecule has 1 heterocycles. The van der Waals surface area contributed by atoms with Crippen LogP contribution in [0.4, 0.5) is 5.69 Å². The lowest BCUT2D eigenvalue weighted by atomic mass is 9.91. The molecule has 22 heavy (non-hydrogen) atoms. The molecule has 1 aliphatic rings. The highest BCUT2D eigenvalue weighted by molar-refractivity contribution is 5.82. The second-order valence-corrected chi connectivity index (χ2v) is 5.63. The number of allylic oxidation sites excluding steroid dienone is 1. The Bertz CT molecular complexity index is 610. The van der Waals surface area contributed by atoms with Crippen LogP contribution in [0.1, 0.15) is 24.5 Å². The maximum atomic E-state index is 10.7. The SMILES string of the molecule is C#C/C=C/CCNC(C)C(O)C1=CCNc2ccc(C)cc21. The van der Waals surface area contributed by atoms with E-state index in [1.165, 1.54) is 5.56 Å². The summed E-state index contributed by atoms with van der Waals surface area (Å²) >= 11 is 0. The van der Waals surface area contributed by atoms with Gasteiger partial charge in [0.2, 0.25) is 0 Å². The van der Waals surface area contributed by atoms with Crippen molar-refractivity contribution in [2.45, 2.75) is 32.4 Å². The largest absolute Gasteiger partial charge is 0.387 e. The van der Waals surface area contributed by atoms with Crippen molar-refractivity contribution in [3.63, 3.8) is 0 Å². The van der Waals surface area contributed by atoms with Gasteiger partial charge in [0.15, 0.2) is 0 Å². The Hall–Kier alpha value is -2.02. The molecular weight excluding hydrogens is 272 g/mol. The summed E-state index contributed by atoms with van der Waals surface area (Å²) in [7, 11) is 0. The molecule has 0 saturated heterocycles. The van der Waals surface area contributed by atoms with Crippen molar-refractivity contribution in [2.24, 2.45) is 0 Å². The average Bonchev–Trinajstić information content (AvgIpc) is 2.53. The number of rotatable bonds is 6. The number of anilines is 1. The van der Waals surface area contributed by atoms with E-state index in [1.54, 1.807) is 6.08 Å². The standard InChI is InChI=1S/C19H24N2O/c1-4-5-6-7-11-20-15(3)19(22)16-10-12-21-18-9-8-14(2)13-17(16)18/h1,5-6,8-10,13,15,19-22H,7,11-12H2,2-3H3/b6-5+. The quantitative estimate of drug-likeness (QED) is 0.559. The first-order chi connectivity index (χ1) is 10.6. The molecule has 0 saturated carbocycles. The van der Waals surface area contributed by atoms with E-state index in [-0.39, 0.29) is 6.04 Å². The first-order valence-electron chi connectivity index (χ1n) is 7.71. The monoisotopic (exact) mass is 296 g/mol. The maximum Gasteiger partial charge on any atom is 0.0944 e. The molecule has 3 heteroatoms. The Morgan fingerprint density at radius 2 is 2.32 bits per heavy atom. The van der Waals surface area contributed by atoms with Crippen molar-refractivity contribution < 1.29 is 5.11 Å². The van der Waals surface area contributed by atoms with Crippen molar-refractivity contribution in [1.82, 2.24) is 5.32 Å². The van der Waals surface area contributed by atoms with Gasteiger partial charge >= 0.3 is 0 Å². The molecule has 0 fully saturated rings. The zero-order valence-corrected chi connectivity index (χ0v) is 13.3. The van der Waals surface area contributed by atoms with Gasteiger partial charge in [0.25, 0.3) is 0 Å². The van der Waals surface area contributed by atoms with Crippen molar-refractivity contribution >= 4 is 11.3 Å². The van der Waals surface area contributed by atoms with Gasteiger partial charge in [0.1, 0.15) is 0 Å². The van der Waals surface area contributed by atoms with Crippen LogP contribution in [-0.4, -0.2) is 30.3 Å². The predicted molar refractivity (Wildman–Crippen MR) is 93.7 cm³/mol. The fourth-order valence-electron chi connectivity index (χ4n) is 2.64. The van der Waals surface area contributed by atoms with Gasteiger partial charge in [-0.2, -0.15) is 0 Å². The van der Waals surface area contributed by atoms with Gasteiger partial charge in [-0.3, -0.25) is 0 Å². The van der Waals surface area contributed by atoms with Gasteiger partial charge in [-0.25, -0.2) is 0 Å². The molecule has 0 spiro atoms. The molecule has 1 aromatic carbocycles. The molecule has 3 nitrogen and oxygen atoms in total. The summed E-state index contributed by atoms with van der Waals surface area (Å²) in [5.74, 6) is 2.47. The topological polar surface area (TPSA) is 44.3 Å². The zero-order valence-electron chi connectivity index (χ0n) is 13.3. The molecule has 1 aromatic rings. The normalized spacial score (nSPS) is 16.4. The minimum atomic E-state index is -0.528. The number of aryl methyl sites for hydroxylation is 1. The van der Waals surface area contributed by atoms with E-state index in [1.807, 2.05) is 13.0 Å². The van der Waals surface area contributed by atoms with E-state index in [9.17, 15) is 5.11 Å². The number of hydrogen-bond donors (Lipinski definition) is 3. The second kappa shape index (κ2) is 7.84. The Labute approximate surface area is 133 Å². The van der Waals surface area contributed by atoms with Crippen LogP contribution >= 0.6 is 0 Å². The smallest absolute Gasteiger partial charge is 0.0944 e. The Morgan fingerprint density at radius 3 is 3.09 bits per heavy atom. The van der Waals surface area contributed by atoms with Crippen molar-refractivity contribution in [2.75, 3.05) is 18.4 Å². The van der Waals surface area contributed by atoms with Crippen LogP contribution in [-0.2, 0) is 0 Å². The van der Waals surface area contributed by atoms with Gasteiger partial charge in [-0.15, -0.1) is 6.42 Å². The summed E-state index contributed by atoms with van der Waals surface area (Å²) in [5, 5.41) is 17.4. The fourth-order valence-corrected chi connectivity index (χ4v) is 2.64. The van der Waals surface area contributed by atoms with E-state index in [2.05, 4.69) is 47.8 Å². The third-order valence-corrected chi connectivity index (χ3v) is 3.88. The van der Waals surface area contributed by atoms with Crippen LogP contribution in [0.3, 0.4) is 0 Å². The first-order valence-corrected chi connectivity index (χ1v) is 7.71. The van der Waals surface area contributed by atoms with Gasteiger partial charge < -0.3 is 15.7 Å².